The summed E-state index contributed by atoms with van der Waals surface area (Å²) in [5, 5.41) is 16.1. The van der Waals surface area contributed by atoms with E-state index in [1.165, 1.54) is 4.80 Å². The van der Waals surface area contributed by atoms with Crippen LogP contribution in [0.1, 0.15) is 10.6 Å². The highest BCUT2D eigenvalue weighted by Crippen LogP contribution is 2.17. The van der Waals surface area contributed by atoms with Gasteiger partial charge < -0.3 is 5.32 Å². The van der Waals surface area contributed by atoms with Gasteiger partial charge in [0, 0.05) is 22.3 Å². The molecule has 1 amide bonds. The Bertz CT molecular complexity index is 1060. The van der Waals surface area contributed by atoms with Crippen molar-refractivity contribution in [3.05, 3.63) is 71.6 Å². The van der Waals surface area contributed by atoms with Gasteiger partial charge in [-0.15, -0.1) is 15.0 Å². The van der Waals surface area contributed by atoms with Crippen LogP contribution in [0.2, 0.25) is 5.02 Å². The van der Waals surface area contributed by atoms with Gasteiger partial charge in [0.1, 0.15) is 0 Å². The number of nitrogens with one attached hydrogen (secondary N) is 1. The molecule has 0 radical (unpaired) electrons. The number of nitrogens with zero attached hydrogens (tertiary/aromatic N) is 5. The van der Waals surface area contributed by atoms with Crippen molar-refractivity contribution in [2.45, 2.75) is 0 Å². The molecule has 0 spiro atoms. The average molecular weight is 351 g/mol. The number of halogens is 1. The summed E-state index contributed by atoms with van der Waals surface area (Å²) in [6.45, 7) is 0. The maximum atomic E-state index is 12.3. The van der Waals surface area contributed by atoms with Gasteiger partial charge in [-0.1, -0.05) is 17.7 Å². The topological polar surface area (TPSA) is 85.6 Å². The first-order valence-corrected chi connectivity index (χ1v) is 7.79. The van der Waals surface area contributed by atoms with Crippen LogP contribution in [0.5, 0.6) is 0 Å². The van der Waals surface area contributed by atoms with Gasteiger partial charge >= 0.3 is 0 Å². The Morgan fingerprint density at radius 1 is 1.08 bits per heavy atom. The zero-order valence-corrected chi connectivity index (χ0v) is 13.6. The third-order valence-corrected chi connectivity index (χ3v) is 3.79. The maximum Gasteiger partial charge on any atom is 0.297 e. The minimum absolute atomic E-state index is 0.0266. The van der Waals surface area contributed by atoms with Crippen LogP contribution >= 0.6 is 11.6 Å². The SMILES string of the molecule is O=C(Nc1ccc2ncccc2c1)c1nnn(-c2ccc(Cl)cc2)n1. The van der Waals surface area contributed by atoms with Gasteiger partial charge in [0.2, 0.25) is 0 Å². The van der Waals surface area contributed by atoms with Gasteiger partial charge in [-0.05, 0) is 53.7 Å². The van der Waals surface area contributed by atoms with Crippen molar-refractivity contribution in [1.29, 1.82) is 0 Å². The standard InChI is InChI=1S/C17H11ClN6O/c18-12-3-6-14(7-4-12)24-22-16(21-23-24)17(25)20-13-5-8-15-11(10-13)2-1-9-19-15/h1-10H,(H,20,25). The predicted octanol–water partition coefficient (Wildman–Crippen LogP) is 3.12. The third kappa shape index (κ3) is 3.17. The molecule has 0 aliphatic heterocycles. The molecule has 4 rings (SSSR count). The first kappa shape index (κ1) is 15.2. The summed E-state index contributed by atoms with van der Waals surface area (Å²) in [4.78, 5) is 17.8. The largest absolute Gasteiger partial charge is 0.319 e. The molecule has 0 fully saturated rings. The van der Waals surface area contributed by atoms with Gasteiger partial charge in [-0.25, -0.2) is 0 Å². The van der Waals surface area contributed by atoms with Crippen molar-refractivity contribution in [2.75, 3.05) is 5.32 Å². The molecule has 122 valence electrons. The van der Waals surface area contributed by atoms with Gasteiger partial charge in [-0.2, -0.15) is 0 Å². The number of carbonyl (C=O) groups excluding carboxylic acids is 1. The number of amides is 1. The van der Waals surface area contributed by atoms with Crippen LogP contribution in [0.15, 0.2) is 60.8 Å². The first-order chi connectivity index (χ1) is 12.2. The van der Waals surface area contributed by atoms with E-state index in [1.54, 1.807) is 36.5 Å². The number of anilines is 1. The molecule has 2 aromatic carbocycles. The second-order valence-corrected chi connectivity index (χ2v) is 5.68. The molecule has 1 N–H and O–H groups in total. The van der Waals surface area contributed by atoms with Crippen molar-refractivity contribution in [1.82, 2.24) is 25.2 Å². The minimum Gasteiger partial charge on any atom is -0.319 e. The van der Waals surface area contributed by atoms with E-state index in [9.17, 15) is 4.79 Å². The van der Waals surface area contributed by atoms with E-state index in [2.05, 4.69) is 25.7 Å². The van der Waals surface area contributed by atoms with Crippen LogP contribution in [-0.4, -0.2) is 31.1 Å². The van der Waals surface area contributed by atoms with Crippen LogP contribution in [0.4, 0.5) is 5.69 Å². The van der Waals surface area contributed by atoms with Crippen molar-refractivity contribution < 1.29 is 4.79 Å². The van der Waals surface area contributed by atoms with E-state index >= 15 is 0 Å². The number of tetrazole rings is 1. The molecule has 2 aromatic heterocycles. The van der Waals surface area contributed by atoms with Crippen LogP contribution < -0.4 is 5.32 Å². The number of rotatable bonds is 3. The summed E-state index contributed by atoms with van der Waals surface area (Å²) in [7, 11) is 0. The molecule has 2 heterocycles. The number of fused-ring (bicyclic) bond motifs is 1. The highest BCUT2D eigenvalue weighted by Gasteiger charge is 2.14. The van der Waals surface area contributed by atoms with Crippen LogP contribution in [0.3, 0.4) is 0 Å². The Hall–Kier alpha value is -3.32. The Balaban J connectivity index is 1.55. The number of hydrogen-bond donors (Lipinski definition) is 1. The van der Waals surface area contributed by atoms with E-state index in [4.69, 9.17) is 11.6 Å². The van der Waals surface area contributed by atoms with Crippen molar-refractivity contribution in [2.24, 2.45) is 0 Å². The Morgan fingerprint density at radius 3 is 2.76 bits per heavy atom. The fourth-order valence-corrected chi connectivity index (χ4v) is 2.46. The Morgan fingerprint density at radius 2 is 1.92 bits per heavy atom. The molecule has 0 saturated heterocycles. The second-order valence-electron chi connectivity index (χ2n) is 5.24. The Kier molecular flexibility index (Phi) is 3.83. The molecule has 4 aromatic rings. The number of carbonyl (C=O) groups is 1. The molecular weight excluding hydrogens is 340 g/mol. The molecule has 0 aliphatic carbocycles. The monoisotopic (exact) mass is 350 g/mol. The molecule has 0 bridgehead atoms. The minimum atomic E-state index is -0.441. The lowest BCUT2D eigenvalue weighted by molar-refractivity contribution is 0.101. The molecule has 0 unspecified atom stereocenters. The molecule has 8 heteroatoms. The van der Waals surface area contributed by atoms with E-state index in [0.29, 0.717) is 16.4 Å². The van der Waals surface area contributed by atoms with E-state index < -0.39 is 5.91 Å². The number of hydrogen-bond acceptors (Lipinski definition) is 5. The van der Waals surface area contributed by atoms with E-state index in [1.807, 2.05) is 24.3 Å². The Labute approximate surface area is 147 Å². The second kappa shape index (κ2) is 6.29. The van der Waals surface area contributed by atoms with Gasteiger partial charge in [0.15, 0.2) is 0 Å². The summed E-state index contributed by atoms with van der Waals surface area (Å²) in [6, 6.07) is 16.1. The first-order valence-electron chi connectivity index (χ1n) is 7.41. The lowest BCUT2D eigenvalue weighted by Crippen LogP contribution is -2.14. The van der Waals surface area contributed by atoms with E-state index in [0.717, 1.165) is 10.9 Å². The molecular formula is C17H11ClN6O. The predicted molar refractivity (Wildman–Crippen MR) is 93.9 cm³/mol. The zero-order chi connectivity index (χ0) is 17.2. The fourth-order valence-electron chi connectivity index (χ4n) is 2.33. The fraction of sp³-hybridized carbons (Fsp3) is 0. The highest BCUT2D eigenvalue weighted by atomic mass is 35.5. The summed E-state index contributed by atoms with van der Waals surface area (Å²) in [5.74, 6) is -0.468. The van der Waals surface area contributed by atoms with Crippen molar-refractivity contribution >= 4 is 34.1 Å². The highest BCUT2D eigenvalue weighted by molar-refractivity contribution is 6.30. The van der Waals surface area contributed by atoms with Gasteiger partial charge in [0.25, 0.3) is 11.7 Å². The summed E-state index contributed by atoms with van der Waals surface area (Å²) < 4.78 is 0. The lowest BCUT2D eigenvalue weighted by Gasteiger charge is -2.03. The molecule has 7 nitrogen and oxygen atoms in total. The van der Waals surface area contributed by atoms with E-state index in [-0.39, 0.29) is 5.82 Å². The molecule has 0 saturated carbocycles. The average Bonchev–Trinajstić information content (AvgIpc) is 3.12. The molecule has 0 aliphatic rings. The number of benzene rings is 2. The lowest BCUT2D eigenvalue weighted by atomic mass is 10.2. The maximum absolute atomic E-state index is 12.3. The summed E-state index contributed by atoms with van der Waals surface area (Å²) in [6.07, 6.45) is 1.72. The smallest absolute Gasteiger partial charge is 0.297 e. The normalized spacial score (nSPS) is 10.8. The number of aromatic nitrogens is 5. The summed E-state index contributed by atoms with van der Waals surface area (Å²) >= 11 is 5.85. The van der Waals surface area contributed by atoms with Crippen LogP contribution in [0, 0.1) is 0 Å². The quantitative estimate of drug-likeness (QED) is 0.613. The van der Waals surface area contributed by atoms with Crippen LogP contribution in [-0.2, 0) is 0 Å². The van der Waals surface area contributed by atoms with Crippen molar-refractivity contribution in [3.63, 3.8) is 0 Å². The molecule has 25 heavy (non-hydrogen) atoms. The van der Waals surface area contributed by atoms with Gasteiger partial charge in [-0.3, -0.25) is 9.78 Å². The summed E-state index contributed by atoms with van der Waals surface area (Å²) in [5.41, 5.74) is 2.15. The van der Waals surface area contributed by atoms with Gasteiger partial charge in [0.05, 0.1) is 11.2 Å². The number of pyridine rings is 1. The zero-order valence-electron chi connectivity index (χ0n) is 12.8. The van der Waals surface area contributed by atoms with Crippen LogP contribution in [0.25, 0.3) is 16.6 Å². The molecule has 0 atom stereocenters. The van der Waals surface area contributed by atoms with Crippen molar-refractivity contribution in [3.8, 4) is 5.69 Å². The third-order valence-electron chi connectivity index (χ3n) is 3.54.